The number of ether oxygens (including phenoxy) is 3. The number of nitrogens with zero attached hydrogens (tertiary/aromatic N) is 1. The molecule has 3 aliphatic rings. The van der Waals surface area contributed by atoms with Crippen LogP contribution >= 0.6 is 0 Å². The number of likely N-dealkylation sites (tertiary alicyclic amines) is 1. The number of Topliss-reactive ketones (excluding diaryl/α,β-unsaturated/α-hetero) is 1. The van der Waals surface area contributed by atoms with E-state index < -0.39 is 54.9 Å². The fourth-order valence-electron chi connectivity index (χ4n) is 4.44. The van der Waals surface area contributed by atoms with Crippen molar-refractivity contribution in [3.8, 4) is 0 Å². The highest BCUT2D eigenvalue weighted by molar-refractivity contribution is 5.94. The summed E-state index contributed by atoms with van der Waals surface area (Å²) in [6.07, 6.45) is -3.99. The Hall–Kier alpha value is -2.25. The summed E-state index contributed by atoms with van der Waals surface area (Å²) in [7, 11) is 2.57. The van der Waals surface area contributed by atoms with Gasteiger partial charge in [-0.1, -0.05) is 0 Å². The number of halogens is 3. The van der Waals surface area contributed by atoms with Crippen molar-refractivity contribution in [1.82, 2.24) is 15.5 Å². The summed E-state index contributed by atoms with van der Waals surface area (Å²) in [5, 5.41) is 5.07. The van der Waals surface area contributed by atoms with E-state index in [0.717, 1.165) is 12.8 Å². The Bertz CT molecular complexity index is 783. The lowest BCUT2D eigenvalue weighted by Gasteiger charge is -2.28. The van der Waals surface area contributed by atoms with Crippen LogP contribution in [0.5, 0.6) is 0 Å². The minimum absolute atomic E-state index is 0.164. The molecule has 186 valence electrons. The molecule has 1 aliphatic carbocycles. The second kappa shape index (κ2) is 9.94. The third kappa shape index (κ3) is 6.21. The van der Waals surface area contributed by atoms with Gasteiger partial charge in [-0.3, -0.25) is 23.9 Å². The minimum Gasteiger partial charge on any atom is -0.356 e. The highest BCUT2D eigenvalue weighted by atomic mass is 19.4. The molecule has 0 bridgehead atoms. The Morgan fingerprint density at radius 1 is 1.24 bits per heavy atom. The van der Waals surface area contributed by atoms with Crippen molar-refractivity contribution >= 4 is 23.5 Å². The number of alkyl halides is 3. The normalized spacial score (nSPS) is 24.8. The van der Waals surface area contributed by atoms with Crippen LogP contribution in [0.1, 0.15) is 32.1 Å². The molecule has 33 heavy (non-hydrogen) atoms. The molecule has 0 aromatic carbocycles. The summed E-state index contributed by atoms with van der Waals surface area (Å²) < 4.78 is 51.0. The third-order valence-electron chi connectivity index (χ3n) is 6.45. The molecule has 1 unspecified atom stereocenters. The fraction of sp³-hybridized carbons (Fsp3) is 0.800. The summed E-state index contributed by atoms with van der Waals surface area (Å²) in [4.78, 5) is 51.7. The molecule has 1 spiro atoms. The number of ketones is 1. The van der Waals surface area contributed by atoms with Crippen LogP contribution in [0.25, 0.3) is 0 Å². The molecule has 2 N–H and O–H groups in total. The topological polar surface area (TPSA) is 123 Å². The first-order valence-electron chi connectivity index (χ1n) is 10.7. The van der Waals surface area contributed by atoms with E-state index in [2.05, 4.69) is 15.4 Å². The molecule has 0 aromatic heterocycles. The molecule has 0 aromatic rings. The monoisotopic (exact) mass is 479 g/mol. The van der Waals surface area contributed by atoms with Gasteiger partial charge in [0.15, 0.2) is 5.78 Å². The maximum absolute atomic E-state index is 13.1. The molecular formula is C20H28F3N3O7. The van der Waals surface area contributed by atoms with Crippen LogP contribution in [0, 0.1) is 11.3 Å². The summed E-state index contributed by atoms with van der Waals surface area (Å²) in [6.45, 7) is -0.607. The van der Waals surface area contributed by atoms with Crippen molar-refractivity contribution in [2.45, 2.75) is 56.8 Å². The highest BCUT2D eigenvalue weighted by Gasteiger charge is 2.56. The third-order valence-corrected chi connectivity index (χ3v) is 6.45. The van der Waals surface area contributed by atoms with Gasteiger partial charge in [-0.15, -0.1) is 13.2 Å². The largest absolute Gasteiger partial charge is 0.522 e. The van der Waals surface area contributed by atoms with E-state index in [1.54, 1.807) is 0 Å². The average Bonchev–Trinajstić information content (AvgIpc) is 3.21. The number of amides is 3. The first-order valence-corrected chi connectivity index (χ1v) is 10.7. The number of carbonyl (C=O) groups is 4. The van der Waals surface area contributed by atoms with E-state index >= 15 is 0 Å². The van der Waals surface area contributed by atoms with Crippen LogP contribution in [-0.2, 0) is 33.4 Å². The minimum atomic E-state index is -5.02. The summed E-state index contributed by atoms with van der Waals surface area (Å²) in [5.41, 5.74) is -0.200. The molecule has 3 atom stereocenters. The lowest BCUT2D eigenvalue weighted by atomic mass is 9.95. The number of nitrogens with one attached hydrogen (secondary N) is 2. The van der Waals surface area contributed by atoms with Gasteiger partial charge < -0.3 is 25.0 Å². The Morgan fingerprint density at radius 2 is 1.91 bits per heavy atom. The molecule has 3 fully saturated rings. The van der Waals surface area contributed by atoms with E-state index in [0.29, 0.717) is 25.9 Å². The predicted octanol–water partition coefficient (Wildman–Crippen LogP) is 0.103. The lowest BCUT2D eigenvalue weighted by molar-refractivity contribution is -0.321. The van der Waals surface area contributed by atoms with E-state index in [-0.39, 0.29) is 17.7 Å². The van der Waals surface area contributed by atoms with Crippen LogP contribution in [0.4, 0.5) is 13.2 Å². The number of carbonyl (C=O) groups excluding carboxylic acids is 4. The van der Waals surface area contributed by atoms with E-state index in [1.807, 2.05) is 0 Å². The van der Waals surface area contributed by atoms with Crippen LogP contribution < -0.4 is 10.6 Å². The van der Waals surface area contributed by atoms with Crippen molar-refractivity contribution in [3.63, 3.8) is 0 Å². The highest BCUT2D eigenvalue weighted by Crippen LogP contribution is 2.55. The number of hydrogen-bond donors (Lipinski definition) is 2. The molecule has 10 nitrogen and oxygen atoms in total. The molecule has 13 heteroatoms. The van der Waals surface area contributed by atoms with Crippen molar-refractivity contribution in [1.29, 1.82) is 0 Å². The second-order valence-electron chi connectivity index (χ2n) is 8.76. The molecule has 3 rings (SSSR count). The quantitative estimate of drug-likeness (QED) is 0.426. The number of methoxy groups -OCH3 is 2. The van der Waals surface area contributed by atoms with Gasteiger partial charge in [0.1, 0.15) is 12.6 Å². The first-order chi connectivity index (χ1) is 15.5. The van der Waals surface area contributed by atoms with Gasteiger partial charge in [0, 0.05) is 33.2 Å². The SMILES string of the molecule is COC(OC)C(=O)N1CC2(CC2)CC1C(=O)N[C@@H](C[C@@H]1CCNC1=O)C(=O)COC(F)(F)F. The van der Waals surface area contributed by atoms with Gasteiger partial charge in [-0.05, 0) is 37.5 Å². The van der Waals surface area contributed by atoms with Crippen LogP contribution in [0.15, 0.2) is 0 Å². The van der Waals surface area contributed by atoms with Crippen LogP contribution in [0.2, 0.25) is 0 Å². The Morgan fingerprint density at radius 3 is 2.42 bits per heavy atom. The predicted molar refractivity (Wildman–Crippen MR) is 104 cm³/mol. The second-order valence-corrected chi connectivity index (χ2v) is 8.76. The Labute approximate surface area is 188 Å². The summed E-state index contributed by atoms with van der Waals surface area (Å²) in [5.74, 6) is -3.21. The smallest absolute Gasteiger partial charge is 0.356 e. The molecule has 3 amide bonds. The molecule has 2 aliphatic heterocycles. The van der Waals surface area contributed by atoms with Crippen molar-refractivity contribution < 1.29 is 46.6 Å². The number of rotatable bonds is 10. The van der Waals surface area contributed by atoms with E-state index in [1.165, 1.54) is 19.1 Å². The van der Waals surface area contributed by atoms with Crippen molar-refractivity contribution in [2.75, 3.05) is 33.9 Å². The van der Waals surface area contributed by atoms with Crippen molar-refractivity contribution in [3.05, 3.63) is 0 Å². The van der Waals surface area contributed by atoms with Gasteiger partial charge in [-0.2, -0.15) is 0 Å². The summed E-state index contributed by atoms with van der Waals surface area (Å²) >= 11 is 0. The van der Waals surface area contributed by atoms with Crippen LogP contribution in [-0.4, -0.2) is 87.1 Å². The Balaban J connectivity index is 1.74. The number of hydrogen-bond acceptors (Lipinski definition) is 7. The van der Waals surface area contributed by atoms with Gasteiger partial charge in [-0.25, -0.2) is 0 Å². The van der Waals surface area contributed by atoms with Gasteiger partial charge in [0.2, 0.25) is 18.1 Å². The maximum atomic E-state index is 13.1. The zero-order valence-corrected chi connectivity index (χ0v) is 18.4. The lowest BCUT2D eigenvalue weighted by Crippen LogP contribution is -2.54. The van der Waals surface area contributed by atoms with Crippen LogP contribution in [0.3, 0.4) is 0 Å². The molecular weight excluding hydrogens is 451 g/mol. The van der Waals surface area contributed by atoms with E-state index in [9.17, 15) is 32.3 Å². The van der Waals surface area contributed by atoms with Gasteiger partial charge >= 0.3 is 6.36 Å². The fourth-order valence-corrected chi connectivity index (χ4v) is 4.44. The molecule has 2 heterocycles. The first kappa shape index (κ1) is 25.4. The molecule has 1 saturated carbocycles. The zero-order valence-electron chi connectivity index (χ0n) is 18.4. The van der Waals surface area contributed by atoms with E-state index in [4.69, 9.17) is 9.47 Å². The average molecular weight is 479 g/mol. The summed E-state index contributed by atoms with van der Waals surface area (Å²) in [6, 6.07) is -2.31. The Kier molecular flexibility index (Phi) is 7.64. The van der Waals surface area contributed by atoms with Gasteiger partial charge in [0.05, 0.1) is 6.04 Å². The maximum Gasteiger partial charge on any atom is 0.522 e. The molecule has 0 radical (unpaired) electrons. The standard InChI is InChI=1S/C20H28F3N3O7/c1-31-18(32-2)17(30)26-10-19(4-5-19)8-13(26)16(29)25-12(7-11-3-6-24-15(11)28)14(27)9-33-20(21,22)23/h11-13,18H,3-10H2,1-2H3,(H,24,28)(H,25,29)/t11-,12-,13?/m0/s1. The van der Waals surface area contributed by atoms with Crippen molar-refractivity contribution in [2.24, 2.45) is 11.3 Å². The molecule has 2 saturated heterocycles. The van der Waals surface area contributed by atoms with Gasteiger partial charge in [0.25, 0.3) is 5.91 Å². The zero-order chi connectivity index (χ0) is 24.4.